The molecule has 1 heterocycles. The van der Waals surface area contributed by atoms with E-state index < -0.39 is 5.97 Å². The summed E-state index contributed by atoms with van der Waals surface area (Å²) in [5, 5.41) is 10.00. The molecule has 1 fully saturated rings. The molecule has 0 amide bonds. The summed E-state index contributed by atoms with van der Waals surface area (Å²) >= 11 is 0. The van der Waals surface area contributed by atoms with Gasteiger partial charge in [0.05, 0.1) is 19.0 Å². The molecule has 0 aliphatic heterocycles. The van der Waals surface area contributed by atoms with Crippen LogP contribution < -0.4 is 4.74 Å². The molecule has 0 atom stereocenters. The minimum Gasteiger partial charge on any atom is -0.497 e. The van der Waals surface area contributed by atoms with Crippen LogP contribution >= 0.6 is 0 Å². The summed E-state index contributed by atoms with van der Waals surface area (Å²) in [6.45, 7) is 1.83. The van der Waals surface area contributed by atoms with E-state index in [1.54, 1.807) is 11.7 Å². The molecule has 5 heteroatoms. The maximum Gasteiger partial charge on any atom is 0.307 e. The third-order valence-corrected chi connectivity index (χ3v) is 4.79. The maximum absolute atomic E-state index is 12.9. The van der Waals surface area contributed by atoms with Gasteiger partial charge in [-0.3, -0.25) is 14.2 Å². The molecule has 1 aliphatic carbocycles. The van der Waals surface area contributed by atoms with E-state index in [4.69, 9.17) is 4.74 Å². The van der Waals surface area contributed by atoms with Gasteiger partial charge in [0.15, 0.2) is 0 Å². The third kappa shape index (κ3) is 2.71. The first-order chi connectivity index (χ1) is 11.0. The first-order valence-electron chi connectivity index (χ1n) is 7.97. The maximum atomic E-state index is 12.9. The van der Waals surface area contributed by atoms with E-state index in [1.165, 1.54) is 0 Å². The summed E-state index contributed by atoms with van der Waals surface area (Å²) in [5.41, 5.74) is 2.20. The zero-order valence-corrected chi connectivity index (χ0v) is 13.5. The summed E-state index contributed by atoms with van der Waals surface area (Å²) in [4.78, 5) is 24.1. The number of carbonyl (C=O) groups is 2. The van der Waals surface area contributed by atoms with Crippen molar-refractivity contribution in [3.8, 4) is 5.75 Å². The number of hydrogen-bond donors (Lipinski definition) is 1. The van der Waals surface area contributed by atoms with Gasteiger partial charge in [-0.25, -0.2) is 0 Å². The number of benzene rings is 1. The molecule has 23 heavy (non-hydrogen) atoms. The smallest absolute Gasteiger partial charge is 0.307 e. The number of nitrogens with zero attached hydrogens (tertiary/aromatic N) is 1. The Morgan fingerprint density at radius 3 is 2.61 bits per heavy atom. The van der Waals surface area contributed by atoms with Crippen molar-refractivity contribution in [1.82, 2.24) is 4.57 Å². The van der Waals surface area contributed by atoms with Gasteiger partial charge in [0.1, 0.15) is 5.75 Å². The number of carbonyl (C=O) groups excluding carboxylic acids is 1. The fourth-order valence-corrected chi connectivity index (χ4v) is 3.60. The minimum absolute atomic E-state index is 0.0454. The molecule has 1 aromatic carbocycles. The Balaban J connectivity index is 2.18. The summed E-state index contributed by atoms with van der Waals surface area (Å²) < 4.78 is 6.96. The highest BCUT2D eigenvalue weighted by molar-refractivity contribution is 5.98. The lowest BCUT2D eigenvalue weighted by atomic mass is 10.1. The molecule has 5 nitrogen and oxygen atoms in total. The van der Waals surface area contributed by atoms with E-state index in [-0.39, 0.29) is 18.2 Å². The highest BCUT2D eigenvalue weighted by Crippen LogP contribution is 2.33. The van der Waals surface area contributed by atoms with Crippen LogP contribution in [-0.2, 0) is 11.2 Å². The first-order valence-corrected chi connectivity index (χ1v) is 7.97. The zero-order chi connectivity index (χ0) is 16.6. The van der Waals surface area contributed by atoms with Gasteiger partial charge in [-0.05, 0) is 43.5 Å². The number of carboxylic acid groups (broad SMARTS) is 1. The van der Waals surface area contributed by atoms with Crippen molar-refractivity contribution in [2.75, 3.05) is 7.11 Å². The second-order valence-corrected chi connectivity index (χ2v) is 6.17. The van der Waals surface area contributed by atoms with E-state index >= 15 is 0 Å². The van der Waals surface area contributed by atoms with Crippen LogP contribution in [0.5, 0.6) is 5.75 Å². The first kappa shape index (κ1) is 15.6. The molecule has 1 saturated carbocycles. The van der Waals surface area contributed by atoms with Gasteiger partial charge in [-0.1, -0.05) is 12.8 Å². The fraction of sp³-hybridized carbons (Fsp3) is 0.444. The monoisotopic (exact) mass is 315 g/mol. The molecule has 1 N–H and O–H groups in total. The average molecular weight is 315 g/mol. The molecule has 0 radical (unpaired) electrons. The van der Waals surface area contributed by atoms with Crippen molar-refractivity contribution in [2.45, 2.75) is 39.0 Å². The number of aromatic nitrogens is 1. The summed E-state index contributed by atoms with van der Waals surface area (Å²) in [5.74, 6) is -0.103. The summed E-state index contributed by atoms with van der Waals surface area (Å²) in [6.07, 6.45) is 3.92. The van der Waals surface area contributed by atoms with Crippen molar-refractivity contribution in [3.63, 3.8) is 0 Å². The third-order valence-electron chi connectivity index (χ3n) is 4.79. The summed E-state index contributed by atoms with van der Waals surface area (Å²) in [7, 11) is 1.57. The SMILES string of the molecule is COc1ccc2c(c1)c(CC(=O)O)c(C)n2C(=O)C1CCCC1. The van der Waals surface area contributed by atoms with Gasteiger partial charge >= 0.3 is 5.97 Å². The molecule has 2 aromatic rings. The second-order valence-electron chi connectivity index (χ2n) is 6.17. The van der Waals surface area contributed by atoms with Crippen LogP contribution in [-0.4, -0.2) is 28.7 Å². The Morgan fingerprint density at radius 2 is 2.00 bits per heavy atom. The van der Waals surface area contributed by atoms with Crippen LogP contribution in [0.3, 0.4) is 0 Å². The predicted octanol–water partition coefficient (Wildman–Crippen LogP) is 3.42. The lowest BCUT2D eigenvalue weighted by molar-refractivity contribution is -0.136. The Morgan fingerprint density at radius 1 is 1.30 bits per heavy atom. The highest BCUT2D eigenvalue weighted by Gasteiger charge is 2.28. The molecule has 0 saturated heterocycles. The number of methoxy groups -OCH3 is 1. The molecule has 1 aromatic heterocycles. The van der Waals surface area contributed by atoms with Crippen molar-refractivity contribution < 1.29 is 19.4 Å². The normalized spacial score (nSPS) is 15.2. The second kappa shape index (κ2) is 6.07. The minimum atomic E-state index is -0.900. The van der Waals surface area contributed by atoms with E-state index in [2.05, 4.69) is 0 Å². The molecule has 1 aliphatic rings. The highest BCUT2D eigenvalue weighted by atomic mass is 16.5. The Bertz CT molecular complexity index is 769. The number of carboxylic acids is 1. The number of rotatable bonds is 4. The van der Waals surface area contributed by atoms with Crippen LogP contribution in [0.25, 0.3) is 10.9 Å². The van der Waals surface area contributed by atoms with Gasteiger partial charge in [0, 0.05) is 17.0 Å². The largest absolute Gasteiger partial charge is 0.497 e. The molecule has 0 bridgehead atoms. The average Bonchev–Trinajstić information content (AvgIpc) is 3.14. The van der Waals surface area contributed by atoms with Crippen LogP contribution in [0.1, 0.15) is 41.7 Å². The van der Waals surface area contributed by atoms with Crippen LogP contribution in [0.15, 0.2) is 18.2 Å². The van der Waals surface area contributed by atoms with Gasteiger partial charge in [-0.2, -0.15) is 0 Å². The van der Waals surface area contributed by atoms with E-state index in [9.17, 15) is 14.7 Å². The Kier molecular flexibility index (Phi) is 4.11. The number of aliphatic carboxylic acids is 1. The van der Waals surface area contributed by atoms with E-state index in [1.807, 2.05) is 25.1 Å². The van der Waals surface area contributed by atoms with Crippen LogP contribution in [0, 0.1) is 12.8 Å². The van der Waals surface area contributed by atoms with Crippen molar-refractivity contribution >= 4 is 22.8 Å². The van der Waals surface area contributed by atoms with Gasteiger partial charge in [0.2, 0.25) is 5.91 Å². The topological polar surface area (TPSA) is 68.5 Å². The van der Waals surface area contributed by atoms with E-state index in [0.717, 1.165) is 42.3 Å². The molecular formula is C18H21NO4. The van der Waals surface area contributed by atoms with E-state index in [0.29, 0.717) is 11.3 Å². The van der Waals surface area contributed by atoms with Gasteiger partial charge in [0.25, 0.3) is 0 Å². The standard InChI is InChI=1S/C18H21NO4/c1-11-14(10-17(20)21)15-9-13(23-2)7-8-16(15)19(11)18(22)12-5-3-4-6-12/h7-9,12H,3-6,10H2,1-2H3,(H,20,21). The molecule has 0 unspecified atom stereocenters. The van der Waals surface area contributed by atoms with Crippen LogP contribution in [0.2, 0.25) is 0 Å². The predicted molar refractivity (Wildman–Crippen MR) is 87.2 cm³/mol. The molecule has 122 valence electrons. The molecular weight excluding hydrogens is 294 g/mol. The van der Waals surface area contributed by atoms with Crippen LogP contribution in [0.4, 0.5) is 0 Å². The number of ether oxygens (including phenoxy) is 1. The zero-order valence-electron chi connectivity index (χ0n) is 13.5. The molecule has 0 spiro atoms. The van der Waals surface area contributed by atoms with Crippen molar-refractivity contribution in [3.05, 3.63) is 29.5 Å². The van der Waals surface area contributed by atoms with Crippen molar-refractivity contribution in [2.24, 2.45) is 5.92 Å². The van der Waals surface area contributed by atoms with Gasteiger partial charge in [-0.15, -0.1) is 0 Å². The summed E-state index contributed by atoms with van der Waals surface area (Å²) in [6, 6.07) is 5.48. The lowest BCUT2D eigenvalue weighted by Gasteiger charge is -2.12. The van der Waals surface area contributed by atoms with Crippen molar-refractivity contribution in [1.29, 1.82) is 0 Å². The quantitative estimate of drug-likeness (QED) is 0.938. The number of fused-ring (bicyclic) bond motifs is 1. The number of hydrogen-bond acceptors (Lipinski definition) is 3. The van der Waals surface area contributed by atoms with Gasteiger partial charge < -0.3 is 9.84 Å². The fourth-order valence-electron chi connectivity index (χ4n) is 3.60. The lowest BCUT2D eigenvalue weighted by Crippen LogP contribution is -2.20. The molecule has 3 rings (SSSR count). The Labute approximate surface area is 134 Å². The Hall–Kier alpha value is -2.30.